The summed E-state index contributed by atoms with van der Waals surface area (Å²) >= 11 is 3.60. The second-order valence-corrected chi connectivity index (χ2v) is 6.01. The summed E-state index contributed by atoms with van der Waals surface area (Å²) in [6.07, 6.45) is 1.19. The third kappa shape index (κ3) is 3.29. The second-order valence-electron chi connectivity index (χ2n) is 3.86. The highest BCUT2D eigenvalue weighted by Crippen LogP contribution is 2.28. The molecule has 0 atom stereocenters. The van der Waals surface area contributed by atoms with Crippen molar-refractivity contribution in [2.24, 2.45) is 0 Å². The Hall–Kier alpha value is -0.950. The van der Waals surface area contributed by atoms with Gasteiger partial charge in [-0.15, -0.1) is 23.5 Å². The van der Waals surface area contributed by atoms with Crippen molar-refractivity contribution in [1.29, 1.82) is 0 Å². The molecule has 1 saturated heterocycles. The maximum atomic E-state index is 13.3. The zero-order valence-electron chi connectivity index (χ0n) is 9.67. The number of hydrogen-bond acceptors (Lipinski definition) is 5. The molecule has 0 amide bonds. The van der Waals surface area contributed by atoms with E-state index in [1.165, 1.54) is 18.6 Å². The average molecular weight is 288 g/mol. The van der Waals surface area contributed by atoms with Gasteiger partial charge in [0.2, 0.25) is 5.82 Å². The maximum Gasteiger partial charge on any atom is 0.306 e. The van der Waals surface area contributed by atoms with Gasteiger partial charge in [-0.2, -0.15) is 4.39 Å². The van der Waals surface area contributed by atoms with E-state index in [9.17, 15) is 14.5 Å². The van der Waals surface area contributed by atoms with Gasteiger partial charge in [0.05, 0.1) is 16.7 Å². The van der Waals surface area contributed by atoms with Gasteiger partial charge in [-0.05, 0) is 30.1 Å². The van der Waals surface area contributed by atoms with Gasteiger partial charge in [0.1, 0.15) is 0 Å². The van der Waals surface area contributed by atoms with Crippen molar-refractivity contribution in [3.63, 3.8) is 0 Å². The lowest BCUT2D eigenvalue weighted by atomic mass is 10.2. The van der Waals surface area contributed by atoms with E-state index in [2.05, 4.69) is 0 Å². The summed E-state index contributed by atoms with van der Waals surface area (Å²) in [6.45, 7) is 0. The molecule has 0 bridgehead atoms. The molecule has 0 unspecified atom stereocenters. The van der Waals surface area contributed by atoms with E-state index in [4.69, 9.17) is 0 Å². The number of rotatable bonds is 2. The highest BCUT2D eigenvalue weighted by molar-refractivity contribution is 8.00. The van der Waals surface area contributed by atoms with Crippen molar-refractivity contribution in [2.45, 2.75) is 6.42 Å². The summed E-state index contributed by atoms with van der Waals surface area (Å²) in [5, 5.41) is 10.7. The first-order chi connectivity index (χ1) is 8.68. The molecule has 7 heteroatoms. The van der Waals surface area contributed by atoms with Crippen LogP contribution in [0.5, 0.6) is 0 Å². The van der Waals surface area contributed by atoms with Crippen LogP contribution in [0, 0.1) is 15.9 Å². The highest BCUT2D eigenvalue weighted by atomic mass is 32.2. The predicted octanol–water partition coefficient (Wildman–Crippen LogP) is 3.33. The van der Waals surface area contributed by atoms with Crippen LogP contribution in [0.2, 0.25) is 0 Å². The van der Waals surface area contributed by atoms with Gasteiger partial charge in [0.25, 0.3) is 0 Å². The van der Waals surface area contributed by atoms with Crippen molar-refractivity contribution in [3.05, 3.63) is 34.1 Å². The zero-order chi connectivity index (χ0) is 13.0. The Kier molecular flexibility index (Phi) is 4.71. The molecule has 4 nitrogen and oxygen atoms in total. The van der Waals surface area contributed by atoms with Crippen LogP contribution in [0.3, 0.4) is 0 Å². The normalized spacial score (nSPS) is 17.1. The van der Waals surface area contributed by atoms with E-state index in [1.807, 2.05) is 4.90 Å². The van der Waals surface area contributed by atoms with Crippen molar-refractivity contribution < 1.29 is 9.31 Å². The summed E-state index contributed by atoms with van der Waals surface area (Å²) in [5.41, 5.74) is 0.259. The molecule has 98 valence electrons. The smallest absolute Gasteiger partial charge is 0.306 e. The SMILES string of the molecule is O=[N+]([O-])c1cc(N2CSCCCSC2)ccc1F. The molecule has 0 radical (unpaired) electrons. The number of hydrogen-bond donors (Lipinski definition) is 0. The third-order valence-electron chi connectivity index (χ3n) is 2.56. The minimum absolute atomic E-state index is 0.454. The predicted molar refractivity (Wildman–Crippen MR) is 74.8 cm³/mol. The Morgan fingerprint density at radius 3 is 2.56 bits per heavy atom. The van der Waals surface area contributed by atoms with Crippen LogP contribution in [0.15, 0.2) is 18.2 Å². The van der Waals surface area contributed by atoms with Gasteiger partial charge < -0.3 is 4.90 Å². The molecule has 1 aliphatic rings. The van der Waals surface area contributed by atoms with Gasteiger partial charge in [-0.3, -0.25) is 10.1 Å². The lowest BCUT2D eigenvalue weighted by Gasteiger charge is -2.25. The van der Waals surface area contributed by atoms with Crippen LogP contribution in [-0.4, -0.2) is 28.2 Å². The first kappa shape index (κ1) is 13.5. The minimum atomic E-state index is -0.781. The molecule has 1 aromatic rings. The molecule has 2 rings (SSSR count). The fourth-order valence-corrected chi connectivity index (χ4v) is 3.81. The molecular weight excluding hydrogens is 275 g/mol. The summed E-state index contributed by atoms with van der Waals surface area (Å²) in [7, 11) is 0. The fourth-order valence-electron chi connectivity index (χ4n) is 1.64. The maximum absolute atomic E-state index is 13.3. The van der Waals surface area contributed by atoms with Gasteiger partial charge >= 0.3 is 5.69 Å². The number of nitrogens with zero attached hydrogens (tertiary/aromatic N) is 2. The molecular formula is C11H13FN2O2S2. The van der Waals surface area contributed by atoms with E-state index in [0.29, 0.717) is 5.69 Å². The summed E-state index contributed by atoms with van der Waals surface area (Å²) in [6, 6.07) is 4.09. The van der Waals surface area contributed by atoms with Crippen LogP contribution in [0.4, 0.5) is 15.8 Å². The second kappa shape index (κ2) is 6.29. The van der Waals surface area contributed by atoms with Crippen LogP contribution >= 0.6 is 23.5 Å². The number of nitro benzene ring substituents is 1. The van der Waals surface area contributed by atoms with E-state index in [1.54, 1.807) is 29.6 Å². The van der Waals surface area contributed by atoms with Crippen molar-refractivity contribution >= 4 is 34.9 Å². The third-order valence-corrected chi connectivity index (χ3v) is 4.71. The van der Waals surface area contributed by atoms with Crippen LogP contribution in [0.1, 0.15) is 6.42 Å². The van der Waals surface area contributed by atoms with Gasteiger partial charge in [0, 0.05) is 11.8 Å². The van der Waals surface area contributed by atoms with Crippen LogP contribution < -0.4 is 4.90 Å². The Morgan fingerprint density at radius 1 is 1.28 bits per heavy atom. The van der Waals surface area contributed by atoms with E-state index in [-0.39, 0.29) is 0 Å². The summed E-state index contributed by atoms with van der Waals surface area (Å²) < 4.78 is 13.3. The molecule has 0 aliphatic carbocycles. The Morgan fingerprint density at radius 2 is 1.94 bits per heavy atom. The van der Waals surface area contributed by atoms with Gasteiger partial charge in [-0.25, -0.2) is 0 Å². The summed E-state index contributed by atoms with van der Waals surface area (Å²) in [5.74, 6) is 2.97. The Bertz CT molecular complexity index is 437. The molecule has 0 aromatic heterocycles. The number of nitro groups is 1. The van der Waals surface area contributed by atoms with Gasteiger partial charge in [-0.1, -0.05) is 0 Å². The largest absolute Gasteiger partial charge is 0.353 e. The van der Waals surface area contributed by atoms with E-state index >= 15 is 0 Å². The fraction of sp³-hybridized carbons (Fsp3) is 0.455. The average Bonchev–Trinajstić information content (AvgIpc) is 2.29. The molecule has 0 spiro atoms. The minimum Gasteiger partial charge on any atom is -0.353 e. The first-order valence-corrected chi connectivity index (χ1v) is 7.84. The monoisotopic (exact) mass is 288 g/mol. The van der Waals surface area contributed by atoms with E-state index in [0.717, 1.165) is 23.3 Å². The highest BCUT2D eigenvalue weighted by Gasteiger charge is 2.17. The Balaban J connectivity index is 2.20. The zero-order valence-corrected chi connectivity index (χ0v) is 11.3. The van der Waals surface area contributed by atoms with Crippen molar-refractivity contribution in [3.8, 4) is 0 Å². The van der Waals surface area contributed by atoms with Crippen LogP contribution in [-0.2, 0) is 0 Å². The van der Waals surface area contributed by atoms with Gasteiger partial charge in [0.15, 0.2) is 0 Å². The quantitative estimate of drug-likeness (QED) is 0.617. The number of halogens is 1. The topological polar surface area (TPSA) is 46.4 Å². The molecule has 0 N–H and O–H groups in total. The summed E-state index contributed by atoms with van der Waals surface area (Å²) in [4.78, 5) is 12.1. The molecule has 1 fully saturated rings. The first-order valence-electron chi connectivity index (χ1n) is 5.53. The molecule has 1 heterocycles. The molecule has 1 aliphatic heterocycles. The Labute approximate surface area is 113 Å². The number of anilines is 1. The standard InChI is InChI=1S/C11H13FN2O2S2/c12-10-3-2-9(6-11(10)14(15)16)13-7-17-4-1-5-18-8-13/h2-3,6H,1,4-5,7-8H2. The lowest BCUT2D eigenvalue weighted by molar-refractivity contribution is -0.387. The lowest BCUT2D eigenvalue weighted by Crippen LogP contribution is -2.24. The van der Waals surface area contributed by atoms with Crippen LogP contribution in [0.25, 0.3) is 0 Å². The van der Waals surface area contributed by atoms with Crippen molar-refractivity contribution in [2.75, 3.05) is 28.2 Å². The molecule has 18 heavy (non-hydrogen) atoms. The number of benzene rings is 1. The molecule has 0 saturated carbocycles. The molecule has 1 aromatic carbocycles. The van der Waals surface area contributed by atoms with E-state index < -0.39 is 16.4 Å². The van der Waals surface area contributed by atoms with Crippen molar-refractivity contribution in [1.82, 2.24) is 0 Å². The number of thioether (sulfide) groups is 2.